The van der Waals surface area contributed by atoms with Gasteiger partial charge in [-0.2, -0.15) is 0 Å². The smallest absolute Gasteiger partial charge is 0.347 e. The van der Waals surface area contributed by atoms with Gasteiger partial charge in [0.2, 0.25) is 0 Å². The maximum absolute atomic E-state index is 11.4. The summed E-state index contributed by atoms with van der Waals surface area (Å²) >= 11 is 1.33. The van der Waals surface area contributed by atoms with Crippen LogP contribution in [0.5, 0.6) is 0 Å². The van der Waals surface area contributed by atoms with Crippen molar-refractivity contribution < 1.29 is 9.90 Å². The molecule has 20 heavy (non-hydrogen) atoms. The number of rotatable bonds is 3. The Kier molecular flexibility index (Phi) is 4.37. The van der Waals surface area contributed by atoms with Gasteiger partial charge < -0.3 is 10.0 Å². The molecule has 0 aromatic carbocycles. The predicted molar refractivity (Wildman–Crippen MR) is 82.9 cm³/mol. The monoisotopic (exact) mass is 296 g/mol. The molecule has 1 N–H and O–H groups in total. The first-order valence-corrected chi connectivity index (χ1v) is 8.13. The number of aromatic nitrogens is 1. The molecule has 0 spiro atoms. The number of piperidine rings is 1. The van der Waals surface area contributed by atoms with E-state index in [1.807, 2.05) is 13.8 Å². The van der Waals surface area contributed by atoms with Crippen LogP contribution in [0.3, 0.4) is 0 Å². The first kappa shape index (κ1) is 15.3. The molecule has 0 saturated carbocycles. The Morgan fingerprint density at radius 2 is 2.05 bits per heavy atom. The van der Waals surface area contributed by atoms with Crippen molar-refractivity contribution in [3.63, 3.8) is 0 Å². The van der Waals surface area contributed by atoms with Crippen LogP contribution >= 0.6 is 11.3 Å². The summed E-state index contributed by atoms with van der Waals surface area (Å²) < 4.78 is 0. The molecule has 1 aromatic rings. The van der Waals surface area contributed by atoms with Gasteiger partial charge >= 0.3 is 5.97 Å². The first-order chi connectivity index (χ1) is 9.31. The molecule has 0 amide bonds. The molecule has 1 aliphatic rings. The summed E-state index contributed by atoms with van der Waals surface area (Å²) in [6.07, 6.45) is 1.23. The summed E-state index contributed by atoms with van der Waals surface area (Å²) in [5, 5.41) is 10.2. The number of carboxylic acid groups (broad SMARTS) is 1. The van der Waals surface area contributed by atoms with Crippen LogP contribution in [0.4, 0.5) is 5.13 Å². The van der Waals surface area contributed by atoms with E-state index in [2.05, 4.69) is 30.7 Å². The van der Waals surface area contributed by atoms with Gasteiger partial charge in [-0.05, 0) is 31.1 Å². The second-order valence-electron chi connectivity index (χ2n) is 6.38. The number of thiazole rings is 1. The zero-order chi connectivity index (χ0) is 15.0. The highest BCUT2D eigenvalue weighted by molar-refractivity contribution is 7.17. The van der Waals surface area contributed by atoms with Crippen LogP contribution < -0.4 is 4.90 Å². The Morgan fingerprint density at radius 1 is 1.40 bits per heavy atom. The molecule has 1 saturated heterocycles. The molecule has 0 radical (unpaired) electrons. The minimum Gasteiger partial charge on any atom is -0.477 e. The molecule has 1 aromatic heterocycles. The van der Waals surface area contributed by atoms with Crippen molar-refractivity contribution >= 4 is 22.4 Å². The lowest BCUT2D eigenvalue weighted by Gasteiger charge is -2.41. The fraction of sp³-hybridized carbons (Fsp3) is 0.733. The van der Waals surface area contributed by atoms with Gasteiger partial charge in [0.25, 0.3) is 0 Å². The van der Waals surface area contributed by atoms with Crippen LogP contribution in [0.2, 0.25) is 0 Å². The Hall–Kier alpha value is -1.10. The molecule has 2 rings (SSSR count). The van der Waals surface area contributed by atoms with Crippen LogP contribution in [-0.4, -0.2) is 28.6 Å². The zero-order valence-corrected chi connectivity index (χ0v) is 13.7. The van der Waals surface area contributed by atoms with Crippen LogP contribution in [-0.2, 0) is 0 Å². The lowest BCUT2D eigenvalue weighted by atomic mass is 9.86. The molecule has 4 nitrogen and oxygen atoms in total. The third-order valence-corrected chi connectivity index (χ3v) is 5.32. The fourth-order valence-electron chi connectivity index (χ4n) is 2.96. The molecule has 0 bridgehead atoms. The average molecular weight is 296 g/mol. The maximum Gasteiger partial charge on any atom is 0.347 e. The average Bonchev–Trinajstić information content (AvgIpc) is 2.78. The van der Waals surface area contributed by atoms with Crippen molar-refractivity contribution in [1.82, 2.24) is 4.98 Å². The molecular formula is C15H24N2O2S. The van der Waals surface area contributed by atoms with Crippen LogP contribution in [0.25, 0.3) is 0 Å². The number of aromatic carboxylic acids is 1. The van der Waals surface area contributed by atoms with Gasteiger partial charge in [-0.15, -0.1) is 0 Å². The molecule has 3 unspecified atom stereocenters. The lowest BCUT2D eigenvalue weighted by molar-refractivity contribution is 0.0700. The van der Waals surface area contributed by atoms with E-state index in [4.69, 9.17) is 0 Å². The van der Waals surface area contributed by atoms with E-state index in [0.29, 0.717) is 22.8 Å². The standard InChI is InChI=1S/C15H24N2O2S/c1-8(2)12-13(14(18)19)20-15(16-12)17-7-9(3)6-10(4)11(17)5/h8-11H,6-7H2,1-5H3,(H,18,19). The van der Waals surface area contributed by atoms with Gasteiger partial charge in [0.15, 0.2) is 5.13 Å². The second kappa shape index (κ2) is 5.72. The summed E-state index contributed by atoms with van der Waals surface area (Å²) in [6.45, 7) is 11.7. The van der Waals surface area contributed by atoms with Gasteiger partial charge in [-0.1, -0.05) is 39.0 Å². The summed E-state index contributed by atoms with van der Waals surface area (Å²) in [5.41, 5.74) is 0.718. The van der Waals surface area contributed by atoms with E-state index >= 15 is 0 Å². The van der Waals surface area contributed by atoms with Gasteiger partial charge in [-0.3, -0.25) is 0 Å². The van der Waals surface area contributed by atoms with E-state index in [0.717, 1.165) is 17.4 Å². The number of hydrogen-bond donors (Lipinski definition) is 1. The van der Waals surface area contributed by atoms with Gasteiger partial charge in [0, 0.05) is 12.6 Å². The highest BCUT2D eigenvalue weighted by Gasteiger charge is 2.32. The van der Waals surface area contributed by atoms with E-state index in [-0.39, 0.29) is 5.92 Å². The van der Waals surface area contributed by atoms with Gasteiger partial charge in [0.05, 0.1) is 5.69 Å². The Bertz CT molecular complexity index is 498. The molecule has 3 atom stereocenters. The van der Waals surface area contributed by atoms with Crippen molar-refractivity contribution in [2.75, 3.05) is 11.4 Å². The minimum atomic E-state index is -0.858. The normalized spacial score (nSPS) is 27.1. The molecule has 1 fully saturated rings. The van der Waals surface area contributed by atoms with Crippen molar-refractivity contribution in [3.05, 3.63) is 10.6 Å². The molecule has 112 valence electrons. The van der Waals surface area contributed by atoms with Gasteiger partial charge in [0.1, 0.15) is 4.88 Å². The summed E-state index contributed by atoms with van der Waals surface area (Å²) in [6, 6.07) is 0.416. The van der Waals surface area contributed by atoms with Crippen molar-refractivity contribution in [3.8, 4) is 0 Å². The first-order valence-electron chi connectivity index (χ1n) is 7.31. The largest absolute Gasteiger partial charge is 0.477 e. The lowest BCUT2D eigenvalue weighted by Crippen LogP contribution is -2.45. The number of carboxylic acids is 1. The number of hydrogen-bond acceptors (Lipinski definition) is 4. The summed E-state index contributed by atoms with van der Waals surface area (Å²) in [4.78, 5) is 18.7. The summed E-state index contributed by atoms with van der Waals surface area (Å²) in [7, 11) is 0. The van der Waals surface area contributed by atoms with E-state index in [1.54, 1.807) is 0 Å². The topological polar surface area (TPSA) is 53.4 Å². The Balaban J connectivity index is 2.37. The predicted octanol–water partition coefficient (Wildman–Crippen LogP) is 3.84. The second-order valence-corrected chi connectivity index (χ2v) is 7.36. The third kappa shape index (κ3) is 2.82. The van der Waals surface area contributed by atoms with E-state index in [9.17, 15) is 9.90 Å². The fourth-order valence-corrected chi connectivity index (χ4v) is 4.11. The number of carbonyl (C=O) groups is 1. The minimum absolute atomic E-state index is 0.140. The van der Waals surface area contributed by atoms with Crippen molar-refractivity contribution in [1.29, 1.82) is 0 Å². The Labute approximate surface area is 124 Å². The SMILES string of the molecule is CC1CC(C)C(C)N(c2nc(C(C)C)c(C(=O)O)s2)C1. The molecule has 2 heterocycles. The van der Waals surface area contributed by atoms with Gasteiger partial charge in [-0.25, -0.2) is 9.78 Å². The third-order valence-electron chi connectivity index (χ3n) is 4.23. The van der Waals surface area contributed by atoms with Crippen LogP contribution in [0.15, 0.2) is 0 Å². The molecular weight excluding hydrogens is 272 g/mol. The number of nitrogens with zero attached hydrogens (tertiary/aromatic N) is 2. The van der Waals surface area contributed by atoms with E-state index in [1.165, 1.54) is 17.8 Å². The highest BCUT2D eigenvalue weighted by Crippen LogP contribution is 2.36. The summed E-state index contributed by atoms with van der Waals surface area (Å²) in [5.74, 6) is 0.517. The van der Waals surface area contributed by atoms with E-state index < -0.39 is 5.97 Å². The zero-order valence-electron chi connectivity index (χ0n) is 12.9. The van der Waals surface area contributed by atoms with Crippen molar-refractivity contribution in [2.24, 2.45) is 11.8 Å². The quantitative estimate of drug-likeness (QED) is 0.921. The van der Waals surface area contributed by atoms with Crippen molar-refractivity contribution in [2.45, 2.75) is 53.0 Å². The maximum atomic E-state index is 11.4. The van der Waals surface area contributed by atoms with Crippen LogP contribution in [0.1, 0.15) is 62.3 Å². The number of anilines is 1. The molecule has 1 aliphatic heterocycles. The highest BCUT2D eigenvalue weighted by atomic mass is 32.1. The molecule has 0 aliphatic carbocycles. The molecule has 5 heteroatoms. The van der Waals surface area contributed by atoms with Crippen LogP contribution in [0, 0.1) is 11.8 Å². The Morgan fingerprint density at radius 3 is 2.55 bits per heavy atom.